The van der Waals surface area contributed by atoms with Gasteiger partial charge < -0.3 is 14.6 Å². The second-order valence-electron chi connectivity index (χ2n) is 13.0. The number of phenols is 1. The van der Waals surface area contributed by atoms with Crippen LogP contribution in [0.4, 0.5) is 0 Å². The Morgan fingerprint density at radius 2 is 0.844 bits per heavy atom. The predicted octanol–water partition coefficient (Wildman–Crippen LogP) is 12.8. The van der Waals surface area contributed by atoms with Crippen molar-refractivity contribution >= 4 is 5.78 Å². The van der Waals surface area contributed by atoms with Gasteiger partial charge in [0.1, 0.15) is 17.2 Å². The Hall–Kier alpha value is -2.49. The molecule has 2 aromatic rings. The van der Waals surface area contributed by atoms with Gasteiger partial charge in [-0.25, -0.2) is 0 Å². The summed E-state index contributed by atoms with van der Waals surface area (Å²) in [7, 11) is 0. The normalized spacial score (nSPS) is 11.2. The van der Waals surface area contributed by atoms with Gasteiger partial charge in [-0.2, -0.15) is 0 Å². The van der Waals surface area contributed by atoms with Gasteiger partial charge in [-0.1, -0.05) is 155 Å². The van der Waals surface area contributed by atoms with Crippen molar-refractivity contribution in [3.8, 4) is 17.2 Å². The fourth-order valence-electron chi connectivity index (χ4n) is 5.92. The van der Waals surface area contributed by atoms with E-state index in [4.69, 9.17) is 9.47 Å². The smallest absolute Gasteiger partial charge is 0.196 e. The van der Waals surface area contributed by atoms with Crippen molar-refractivity contribution in [1.82, 2.24) is 0 Å². The fraction of sp³-hybridized carbons (Fsp3) is 0.683. The van der Waals surface area contributed by atoms with E-state index in [-0.39, 0.29) is 17.1 Å². The summed E-state index contributed by atoms with van der Waals surface area (Å²) in [6.07, 6.45) is 31.6. The number of hydrogen-bond donors (Lipinski definition) is 1. The lowest BCUT2D eigenvalue weighted by Gasteiger charge is -2.10. The zero-order chi connectivity index (χ0) is 32.2. The lowest BCUT2D eigenvalue weighted by atomic mass is 10.0. The number of benzene rings is 2. The largest absolute Gasteiger partial charge is 0.507 e. The number of phenolic OH excluding ortho intramolecular Hbond substituents is 1. The summed E-state index contributed by atoms with van der Waals surface area (Å²) >= 11 is 0. The molecule has 0 saturated carbocycles. The summed E-state index contributed by atoms with van der Waals surface area (Å²) < 4.78 is 11.7. The molecule has 0 aliphatic carbocycles. The maximum atomic E-state index is 13.0. The van der Waals surface area contributed by atoms with Crippen molar-refractivity contribution < 1.29 is 19.4 Å². The highest BCUT2D eigenvalue weighted by atomic mass is 16.5. The molecule has 0 aliphatic heterocycles. The molecule has 0 heterocycles. The average molecular weight is 623 g/mol. The zero-order valence-electron chi connectivity index (χ0n) is 29.1. The molecular formula is C41H66O4. The molecule has 45 heavy (non-hydrogen) atoms. The molecule has 254 valence electrons. The van der Waals surface area contributed by atoms with E-state index in [2.05, 4.69) is 13.8 Å². The van der Waals surface area contributed by atoms with E-state index in [0.717, 1.165) is 25.0 Å². The summed E-state index contributed by atoms with van der Waals surface area (Å²) in [4.78, 5) is 13.0. The maximum Gasteiger partial charge on any atom is 0.196 e. The number of aromatic hydroxyl groups is 1. The van der Waals surface area contributed by atoms with Gasteiger partial charge in [0.05, 0.1) is 18.8 Å². The Morgan fingerprint density at radius 3 is 1.24 bits per heavy atom. The van der Waals surface area contributed by atoms with Gasteiger partial charge in [0.25, 0.3) is 0 Å². The first-order chi connectivity index (χ1) is 22.2. The van der Waals surface area contributed by atoms with Gasteiger partial charge in [-0.3, -0.25) is 4.79 Å². The lowest BCUT2D eigenvalue weighted by molar-refractivity contribution is 0.103. The first kappa shape index (κ1) is 38.7. The molecule has 1 N–H and O–H groups in total. The molecule has 0 unspecified atom stereocenters. The van der Waals surface area contributed by atoms with Crippen molar-refractivity contribution in [3.05, 3.63) is 53.6 Å². The van der Waals surface area contributed by atoms with E-state index < -0.39 is 0 Å². The van der Waals surface area contributed by atoms with Crippen LogP contribution in [-0.2, 0) is 0 Å². The van der Waals surface area contributed by atoms with Gasteiger partial charge in [-0.15, -0.1) is 0 Å². The number of carbonyl (C=O) groups is 1. The fourth-order valence-corrected chi connectivity index (χ4v) is 5.92. The van der Waals surface area contributed by atoms with E-state index in [0.29, 0.717) is 24.5 Å². The van der Waals surface area contributed by atoms with E-state index in [1.165, 1.54) is 135 Å². The van der Waals surface area contributed by atoms with Crippen LogP contribution in [0.25, 0.3) is 0 Å². The third-order valence-corrected chi connectivity index (χ3v) is 8.86. The molecule has 0 aliphatic rings. The Balaban J connectivity index is 1.54. The Bertz CT molecular complexity index is 984. The van der Waals surface area contributed by atoms with Crippen molar-refractivity contribution in [2.45, 2.75) is 168 Å². The van der Waals surface area contributed by atoms with Gasteiger partial charge >= 0.3 is 0 Å². The van der Waals surface area contributed by atoms with Crippen LogP contribution in [0.5, 0.6) is 17.2 Å². The quantitative estimate of drug-likeness (QED) is 0.0695. The van der Waals surface area contributed by atoms with Crippen LogP contribution in [0.1, 0.15) is 184 Å². The predicted molar refractivity (Wildman–Crippen MR) is 191 cm³/mol. The number of rotatable bonds is 30. The Kier molecular flexibility index (Phi) is 23.0. The maximum absolute atomic E-state index is 13.0. The van der Waals surface area contributed by atoms with Gasteiger partial charge in [-0.05, 0) is 49.2 Å². The molecule has 4 nitrogen and oxygen atoms in total. The molecule has 0 aromatic heterocycles. The topological polar surface area (TPSA) is 55.8 Å². The monoisotopic (exact) mass is 622 g/mol. The summed E-state index contributed by atoms with van der Waals surface area (Å²) in [6, 6.07) is 12.2. The number of carbonyl (C=O) groups excluding carboxylic acids is 1. The van der Waals surface area contributed by atoms with Gasteiger partial charge in [0.2, 0.25) is 0 Å². The SMILES string of the molecule is CCCCCCCCCCCCCCOc1ccc(C(=O)c2ccc(OCCCCCCCCCCCCCC)cc2O)cc1. The molecule has 2 aromatic carbocycles. The standard InChI is InChI=1S/C41H66O4/c1-3-5-7-9-11-13-15-17-19-21-23-25-33-44-37-29-27-36(28-30-37)41(43)39-32-31-38(35-40(39)42)45-34-26-24-22-20-18-16-14-12-10-8-6-4-2/h27-32,35,42H,3-26,33-34H2,1-2H3. The lowest BCUT2D eigenvalue weighted by Crippen LogP contribution is -2.03. The van der Waals surface area contributed by atoms with Crippen LogP contribution in [0.2, 0.25) is 0 Å². The first-order valence-corrected chi connectivity index (χ1v) is 18.9. The molecule has 2 rings (SSSR count). The number of ketones is 1. The van der Waals surface area contributed by atoms with E-state index in [1.54, 1.807) is 30.3 Å². The van der Waals surface area contributed by atoms with E-state index in [1.807, 2.05) is 12.1 Å². The van der Waals surface area contributed by atoms with E-state index >= 15 is 0 Å². The third kappa shape index (κ3) is 18.9. The van der Waals surface area contributed by atoms with Crippen LogP contribution in [0, 0.1) is 0 Å². The molecule has 0 saturated heterocycles. The average Bonchev–Trinajstić information content (AvgIpc) is 3.05. The molecule has 0 bridgehead atoms. The molecule has 0 radical (unpaired) electrons. The summed E-state index contributed by atoms with van der Waals surface area (Å²) in [5.41, 5.74) is 0.825. The Labute approximate surface area is 276 Å². The van der Waals surface area contributed by atoms with Crippen molar-refractivity contribution in [1.29, 1.82) is 0 Å². The number of ether oxygens (including phenoxy) is 2. The first-order valence-electron chi connectivity index (χ1n) is 18.9. The minimum Gasteiger partial charge on any atom is -0.507 e. The van der Waals surface area contributed by atoms with Crippen molar-refractivity contribution in [2.24, 2.45) is 0 Å². The minimum absolute atomic E-state index is 0.0421. The molecule has 4 heteroatoms. The van der Waals surface area contributed by atoms with Crippen molar-refractivity contribution in [3.63, 3.8) is 0 Å². The highest BCUT2D eigenvalue weighted by Gasteiger charge is 2.15. The highest BCUT2D eigenvalue weighted by molar-refractivity contribution is 6.10. The molecule has 0 spiro atoms. The van der Waals surface area contributed by atoms with Crippen LogP contribution in [0.3, 0.4) is 0 Å². The van der Waals surface area contributed by atoms with Gasteiger partial charge in [0.15, 0.2) is 5.78 Å². The molecule has 0 atom stereocenters. The molecular weight excluding hydrogens is 556 g/mol. The van der Waals surface area contributed by atoms with Crippen LogP contribution < -0.4 is 9.47 Å². The molecule has 0 amide bonds. The van der Waals surface area contributed by atoms with E-state index in [9.17, 15) is 9.90 Å². The summed E-state index contributed by atoms with van der Waals surface area (Å²) in [5, 5.41) is 10.5. The minimum atomic E-state index is -0.201. The summed E-state index contributed by atoms with van der Waals surface area (Å²) in [6.45, 7) is 5.87. The number of unbranched alkanes of at least 4 members (excludes halogenated alkanes) is 22. The van der Waals surface area contributed by atoms with Gasteiger partial charge in [0, 0.05) is 11.6 Å². The third-order valence-electron chi connectivity index (χ3n) is 8.86. The number of hydrogen-bond acceptors (Lipinski definition) is 4. The second kappa shape index (κ2) is 26.7. The Morgan fingerprint density at radius 1 is 0.489 bits per heavy atom. The summed E-state index contributed by atoms with van der Waals surface area (Å²) in [5.74, 6) is 1.14. The van der Waals surface area contributed by atoms with Crippen LogP contribution in [0.15, 0.2) is 42.5 Å². The van der Waals surface area contributed by atoms with Crippen LogP contribution in [-0.4, -0.2) is 24.1 Å². The second-order valence-corrected chi connectivity index (χ2v) is 13.0. The highest BCUT2D eigenvalue weighted by Crippen LogP contribution is 2.27. The molecule has 0 fully saturated rings. The van der Waals surface area contributed by atoms with Crippen LogP contribution >= 0.6 is 0 Å². The zero-order valence-corrected chi connectivity index (χ0v) is 29.1. The van der Waals surface area contributed by atoms with Crippen molar-refractivity contribution in [2.75, 3.05) is 13.2 Å².